The predicted octanol–water partition coefficient (Wildman–Crippen LogP) is -0.0635. The Morgan fingerprint density at radius 2 is 2.33 bits per heavy atom. The smallest absolute Gasteiger partial charge is 0.216 e. The van der Waals surface area contributed by atoms with Gasteiger partial charge in [-0.05, 0) is 18.1 Å². The third-order valence-corrected chi connectivity index (χ3v) is 1.53. The monoisotopic (exact) mass is 204 g/mol. The van der Waals surface area contributed by atoms with Crippen LogP contribution in [0.4, 0.5) is 5.82 Å². The molecule has 5 nitrogen and oxygen atoms in total. The van der Waals surface area contributed by atoms with Crippen LogP contribution in [0, 0.1) is 11.8 Å². The van der Waals surface area contributed by atoms with Gasteiger partial charge in [0.1, 0.15) is 11.5 Å². The fourth-order valence-corrected chi connectivity index (χ4v) is 0.863. The summed E-state index contributed by atoms with van der Waals surface area (Å²) < 4.78 is 0. The zero-order chi connectivity index (χ0) is 11.1. The number of anilines is 1. The van der Waals surface area contributed by atoms with Crippen molar-refractivity contribution in [1.29, 1.82) is 0 Å². The second-order valence-corrected chi connectivity index (χ2v) is 2.88. The molecule has 15 heavy (non-hydrogen) atoms. The first kappa shape index (κ1) is 11.0. The first-order chi connectivity index (χ1) is 7.18. The van der Waals surface area contributed by atoms with Crippen LogP contribution in [-0.2, 0) is 4.79 Å². The molecule has 78 valence electrons. The molecule has 1 rings (SSSR count). The summed E-state index contributed by atoms with van der Waals surface area (Å²) in [5.41, 5.74) is 5.94. The van der Waals surface area contributed by atoms with Crippen LogP contribution < -0.4 is 11.1 Å². The van der Waals surface area contributed by atoms with Crippen LogP contribution in [0.15, 0.2) is 12.1 Å². The van der Waals surface area contributed by atoms with Crippen molar-refractivity contribution < 1.29 is 4.79 Å². The molecule has 1 heterocycles. The van der Waals surface area contributed by atoms with Crippen LogP contribution in [0.2, 0.25) is 0 Å². The van der Waals surface area contributed by atoms with Crippen LogP contribution in [0.3, 0.4) is 0 Å². The summed E-state index contributed by atoms with van der Waals surface area (Å²) in [5, 5.41) is 10.1. The van der Waals surface area contributed by atoms with Gasteiger partial charge in [-0.25, -0.2) is 0 Å². The van der Waals surface area contributed by atoms with Gasteiger partial charge in [0.05, 0.1) is 0 Å². The average Bonchev–Trinajstić information content (AvgIpc) is 2.20. The maximum absolute atomic E-state index is 10.5. The van der Waals surface area contributed by atoms with Crippen LogP contribution in [0.1, 0.15) is 19.0 Å². The molecule has 1 aromatic heterocycles. The van der Waals surface area contributed by atoms with E-state index < -0.39 is 0 Å². The van der Waals surface area contributed by atoms with E-state index in [1.807, 2.05) is 0 Å². The molecule has 0 saturated heterocycles. The Morgan fingerprint density at radius 3 is 2.93 bits per heavy atom. The van der Waals surface area contributed by atoms with Crippen LogP contribution in [0.5, 0.6) is 0 Å². The summed E-state index contributed by atoms with van der Waals surface area (Å²) in [5.74, 6) is 6.01. The highest BCUT2D eigenvalue weighted by molar-refractivity contribution is 5.72. The zero-order valence-corrected chi connectivity index (χ0v) is 8.45. The number of carbonyl (C=O) groups excluding carboxylic acids is 1. The number of nitrogens with two attached hydrogens (primary N) is 1. The highest BCUT2D eigenvalue weighted by Crippen LogP contribution is 1.94. The number of amides is 1. The molecule has 0 atom stereocenters. The summed E-state index contributed by atoms with van der Waals surface area (Å²) in [6.07, 6.45) is 0.589. The standard InChI is InChI=1S/C10H12N4O/c1-8(15)12-7-3-2-4-9-5-6-10(11)14-13-9/h5-6H,3,7H2,1H3,(H2,11,14)(H,12,15). The van der Waals surface area contributed by atoms with Crippen LogP contribution >= 0.6 is 0 Å². The van der Waals surface area contributed by atoms with E-state index in [0.717, 1.165) is 0 Å². The van der Waals surface area contributed by atoms with Gasteiger partial charge in [-0.3, -0.25) is 4.79 Å². The van der Waals surface area contributed by atoms with E-state index >= 15 is 0 Å². The molecule has 0 spiro atoms. The van der Waals surface area contributed by atoms with Crippen molar-refractivity contribution >= 4 is 11.7 Å². The summed E-state index contributed by atoms with van der Waals surface area (Å²) in [6.45, 7) is 2.02. The van der Waals surface area contributed by atoms with Crippen molar-refractivity contribution in [2.75, 3.05) is 12.3 Å². The Labute approximate surface area is 88.1 Å². The third-order valence-electron chi connectivity index (χ3n) is 1.53. The number of carbonyl (C=O) groups is 1. The third kappa shape index (κ3) is 4.62. The van der Waals surface area contributed by atoms with E-state index in [0.29, 0.717) is 24.5 Å². The lowest BCUT2D eigenvalue weighted by Crippen LogP contribution is -2.20. The van der Waals surface area contributed by atoms with Gasteiger partial charge in [-0.2, -0.15) is 0 Å². The molecular weight excluding hydrogens is 192 g/mol. The molecule has 0 aromatic carbocycles. The number of rotatable bonds is 2. The second kappa shape index (κ2) is 5.60. The fourth-order valence-electron chi connectivity index (χ4n) is 0.863. The Morgan fingerprint density at radius 1 is 1.53 bits per heavy atom. The number of hydrogen-bond donors (Lipinski definition) is 2. The molecular formula is C10H12N4O. The minimum absolute atomic E-state index is 0.0518. The molecule has 0 unspecified atom stereocenters. The van der Waals surface area contributed by atoms with E-state index in [2.05, 4.69) is 27.4 Å². The Hall–Kier alpha value is -2.09. The van der Waals surface area contributed by atoms with Gasteiger partial charge in [0, 0.05) is 19.9 Å². The van der Waals surface area contributed by atoms with Crippen molar-refractivity contribution in [1.82, 2.24) is 15.5 Å². The minimum atomic E-state index is -0.0518. The van der Waals surface area contributed by atoms with Crippen molar-refractivity contribution in [3.63, 3.8) is 0 Å². The van der Waals surface area contributed by atoms with Gasteiger partial charge in [0.2, 0.25) is 5.91 Å². The summed E-state index contributed by atoms with van der Waals surface area (Å²) in [4.78, 5) is 10.5. The van der Waals surface area contributed by atoms with Gasteiger partial charge in [0.25, 0.3) is 0 Å². The zero-order valence-electron chi connectivity index (χ0n) is 8.45. The maximum atomic E-state index is 10.5. The number of nitrogen functional groups attached to an aromatic ring is 1. The second-order valence-electron chi connectivity index (χ2n) is 2.88. The molecule has 1 amide bonds. The molecule has 0 saturated carbocycles. The molecule has 0 bridgehead atoms. The molecule has 0 fully saturated rings. The largest absolute Gasteiger partial charge is 0.382 e. The van der Waals surface area contributed by atoms with E-state index in [1.54, 1.807) is 12.1 Å². The van der Waals surface area contributed by atoms with Crippen molar-refractivity contribution in [2.45, 2.75) is 13.3 Å². The lowest BCUT2D eigenvalue weighted by atomic mass is 10.3. The van der Waals surface area contributed by atoms with Crippen molar-refractivity contribution in [3.05, 3.63) is 17.8 Å². The molecule has 0 aliphatic heterocycles. The van der Waals surface area contributed by atoms with E-state index in [4.69, 9.17) is 5.73 Å². The SMILES string of the molecule is CC(=O)NCCC#Cc1ccc(N)nn1. The first-order valence-electron chi connectivity index (χ1n) is 4.51. The highest BCUT2D eigenvalue weighted by atomic mass is 16.1. The topological polar surface area (TPSA) is 80.9 Å². The number of aromatic nitrogens is 2. The van der Waals surface area contributed by atoms with Gasteiger partial charge in [0.15, 0.2) is 0 Å². The van der Waals surface area contributed by atoms with Gasteiger partial charge < -0.3 is 11.1 Å². The van der Waals surface area contributed by atoms with E-state index in [1.165, 1.54) is 6.92 Å². The number of nitrogens with one attached hydrogen (secondary N) is 1. The Balaban J connectivity index is 2.38. The summed E-state index contributed by atoms with van der Waals surface area (Å²) in [7, 11) is 0. The molecule has 0 aliphatic carbocycles. The molecule has 0 aliphatic rings. The lowest BCUT2D eigenvalue weighted by Gasteiger charge is -1.94. The summed E-state index contributed by atoms with van der Waals surface area (Å²) >= 11 is 0. The van der Waals surface area contributed by atoms with Crippen LogP contribution in [0.25, 0.3) is 0 Å². The molecule has 5 heteroatoms. The Bertz CT molecular complexity index is 388. The Kier molecular flexibility index (Phi) is 4.10. The average molecular weight is 204 g/mol. The highest BCUT2D eigenvalue weighted by Gasteiger charge is 1.89. The van der Waals surface area contributed by atoms with Crippen LogP contribution in [-0.4, -0.2) is 22.6 Å². The lowest BCUT2D eigenvalue weighted by molar-refractivity contribution is -0.118. The normalized spacial score (nSPS) is 8.87. The number of nitrogens with zero attached hydrogens (tertiary/aromatic N) is 2. The van der Waals surface area contributed by atoms with Gasteiger partial charge in [-0.15, -0.1) is 10.2 Å². The molecule has 0 radical (unpaired) electrons. The van der Waals surface area contributed by atoms with Crippen molar-refractivity contribution in [3.8, 4) is 11.8 Å². The quantitative estimate of drug-likeness (QED) is 0.522. The van der Waals surface area contributed by atoms with E-state index in [-0.39, 0.29) is 5.91 Å². The number of hydrogen-bond acceptors (Lipinski definition) is 4. The minimum Gasteiger partial charge on any atom is -0.382 e. The molecule has 3 N–H and O–H groups in total. The van der Waals surface area contributed by atoms with Gasteiger partial charge in [-0.1, -0.05) is 5.92 Å². The predicted molar refractivity (Wildman–Crippen MR) is 56.6 cm³/mol. The fraction of sp³-hybridized carbons (Fsp3) is 0.300. The first-order valence-corrected chi connectivity index (χ1v) is 4.51. The van der Waals surface area contributed by atoms with Gasteiger partial charge >= 0.3 is 0 Å². The maximum Gasteiger partial charge on any atom is 0.216 e. The van der Waals surface area contributed by atoms with Crippen molar-refractivity contribution in [2.24, 2.45) is 0 Å². The molecule has 1 aromatic rings. The van der Waals surface area contributed by atoms with E-state index in [9.17, 15) is 4.79 Å². The summed E-state index contributed by atoms with van der Waals surface area (Å²) in [6, 6.07) is 3.35.